The Morgan fingerprint density at radius 2 is 1.28 bits per heavy atom. The highest BCUT2D eigenvalue weighted by Crippen LogP contribution is 2.44. The number of halogens is 2. The minimum Gasteiger partial charge on any atom is -0.203 e. The Labute approximate surface area is 176 Å². The summed E-state index contributed by atoms with van der Waals surface area (Å²) in [7, 11) is 0. The second kappa shape index (κ2) is 9.31. The Bertz CT molecular complexity index is 705. The minimum absolute atomic E-state index is 0.192. The van der Waals surface area contributed by atoms with Gasteiger partial charge in [0, 0.05) is 0 Å². The van der Waals surface area contributed by atoms with E-state index in [0.717, 1.165) is 69.1 Å². The number of hydrogen-bond donors (Lipinski definition) is 0. The number of rotatable bonds is 4. The van der Waals surface area contributed by atoms with Gasteiger partial charge in [-0.1, -0.05) is 51.0 Å². The third kappa shape index (κ3) is 4.62. The molecule has 29 heavy (non-hydrogen) atoms. The molecule has 0 spiro atoms. The Morgan fingerprint density at radius 3 is 1.76 bits per heavy atom. The quantitative estimate of drug-likeness (QED) is 0.444. The lowest BCUT2D eigenvalue weighted by molar-refractivity contribution is 0.238. The predicted octanol–water partition coefficient (Wildman–Crippen LogP) is 8.52. The first kappa shape index (κ1) is 21.1. The molecule has 4 rings (SSSR count). The summed E-state index contributed by atoms with van der Waals surface area (Å²) < 4.78 is 30.0. The molecule has 0 nitrogen and oxygen atoms in total. The van der Waals surface area contributed by atoms with Crippen molar-refractivity contribution in [3.8, 4) is 0 Å². The highest BCUT2D eigenvalue weighted by molar-refractivity contribution is 5.32. The van der Waals surface area contributed by atoms with E-state index in [2.05, 4.69) is 26.0 Å². The lowest BCUT2D eigenvalue weighted by atomic mass is 9.70. The first-order valence-electron chi connectivity index (χ1n) is 12.2. The number of benzene rings is 1. The molecule has 0 aromatic heterocycles. The van der Waals surface area contributed by atoms with E-state index in [1.165, 1.54) is 19.3 Å². The summed E-state index contributed by atoms with van der Waals surface area (Å²) in [6, 6.07) is 3.83. The minimum atomic E-state index is -0.551. The molecule has 0 heterocycles. The zero-order valence-corrected chi connectivity index (χ0v) is 18.3. The largest absolute Gasteiger partial charge is 0.203 e. The predicted molar refractivity (Wildman–Crippen MR) is 117 cm³/mol. The molecule has 0 amide bonds. The topological polar surface area (TPSA) is 0 Å². The maximum atomic E-state index is 15.0. The van der Waals surface area contributed by atoms with E-state index < -0.39 is 11.6 Å². The first-order chi connectivity index (χ1) is 14.1. The molecule has 1 aromatic carbocycles. The Kier molecular flexibility index (Phi) is 6.76. The zero-order chi connectivity index (χ0) is 20.4. The van der Waals surface area contributed by atoms with E-state index >= 15 is 4.39 Å². The average Bonchev–Trinajstić information content (AvgIpc) is 2.77. The van der Waals surface area contributed by atoms with Crippen molar-refractivity contribution in [2.75, 3.05) is 0 Å². The second-order valence-electron chi connectivity index (χ2n) is 10.2. The summed E-state index contributed by atoms with van der Waals surface area (Å²) in [5, 5.41) is 0. The summed E-state index contributed by atoms with van der Waals surface area (Å²) >= 11 is 0. The first-order valence-corrected chi connectivity index (χ1v) is 12.2. The molecule has 0 radical (unpaired) electrons. The average molecular weight is 401 g/mol. The van der Waals surface area contributed by atoms with Gasteiger partial charge < -0.3 is 0 Å². The third-order valence-electron chi connectivity index (χ3n) is 8.44. The van der Waals surface area contributed by atoms with Gasteiger partial charge in [-0.2, -0.15) is 0 Å². The molecular formula is C27H38F2. The molecule has 3 aliphatic rings. The summed E-state index contributed by atoms with van der Waals surface area (Å²) in [5.74, 6) is 2.23. The fraction of sp³-hybridized carbons (Fsp3) is 0.704. The molecule has 0 bridgehead atoms. The number of hydrogen-bond acceptors (Lipinski definition) is 0. The molecule has 0 N–H and O–H groups in total. The van der Waals surface area contributed by atoms with Crippen molar-refractivity contribution in [3.05, 3.63) is 47.0 Å². The van der Waals surface area contributed by atoms with Gasteiger partial charge in [-0.15, -0.1) is 0 Å². The molecule has 0 saturated heterocycles. The van der Waals surface area contributed by atoms with Crippen LogP contribution in [0.15, 0.2) is 24.3 Å². The van der Waals surface area contributed by atoms with E-state index in [0.29, 0.717) is 17.0 Å². The Morgan fingerprint density at radius 1 is 0.724 bits per heavy atom. The maximum Gasteiger partial charge on any atom is 0.162 e. The third-order valence-corrected chi connectivity index (χ3v) is 8.44. The zero-order valence-electron chi connectivity index (χ0n) is 18.3. The van der Waals surface area contributed by atoms with Gasteiger partial charge >= 0.3 is 0 Å². The smallest absolute Gasteiger partial charge is 0.162 e. The van der Waals surface area contributed by atoms with E-state index in [4.69, 9.17) is 0 Å². The second-order valence-corrected chi connectivity index (χ2v) is 10.2. The van der Waals surface area contributed by atoms with Crippen molar-refractivity contribution < 1.29 is 8.78 Å². The van der Waals surface area contributed by atoms with Crippen molar-refractivity contribution >= 4 is 0 Å². The van der Waals surface area contributed by atoms with Crippen LogP contribution in [-0.2, 0) is 0 Å². The fourth-order valence-corrected chi connectivity index (χ4v) is 6.27. The van der Waals surface area contributed by atoms with Crippen LogP contribution in [0.25, 0.3) is 0 Å². The Balaban J connectivity index is 1.39. The lowest BCUT2D eigenvalue weighted by Crippen LogP contribution is -2.23. The van der Waals surface area contributed by atoms with Crippen LogP contribution in [0.1, 0.15) is 107 Å². The highest BCUT2D eigenvalue weighted by atomic mass is 19.2. The van der Waals surface area contributed by atoms with Crippen molar-refractivity contribution in [2.45, 2.75) is 96.3 Å². The van der Waals surface area contributed by atoms with Crippen LogP contribution in [0.2, 0.25) is 0 Å². The molecule has 2 atom stereocenters. The molecule has 2 fully saturated rings. The summed E-state index contributed by atoms with van der Waals surface area (Å²) in [5.41, 5.74) is 1.27. The highest BCUT2D eigenvalue weighted by Gasteiger charge is 2.31. The standard InChI is InChI=1S/C27H38F2/c1-3-19-6-10-20(11-7-19)21-12-14-23(15-13-21)25-17-16-24(26(28)27(25)29)22-8-4-18(2)5-9-22/h6,10,16-23H,3-5,7-9,11-15H2,1-2H3. The fourth-order valence-electron chi connectivity index (χ4n) is 6.27. The van der Waals surface area contributed by atoms with Crippen LogP contribution in [0.4, 0.5) is 8.78 Å². The van der Waals surface area contributed by atoms with E-state index in [9.17, 15) is 4.39 Å². The van der Waals surface area contributed by atoms with Gasteiger partial charge in [0.25, 0.3) is 0 Å². The van der Waals surface area contributed by atoms with Gasteiger partial charge in [0.1, 0.15) is 0 Å². The Hall–Kier alpha value is -1.18. The van der Waals surface area contributed by atoms with Crippen molar-refractivity contribution in [1.29, 1.82) is 0 Å². The van der Waals surface area contributed by atoms with E-state index in [1.807, 2.05) is 12.1 Å². The van der Waals surface area contributed by atoms with Crippen LogP contribution in [0.3, 0.4) is 0 Å². The summed E-state index contributed by atoms with van der Waals surface area (Å²) in [6.07, 6.45) is 17.3. The molecule has 3 aliphatic carbocycles. The molecule has 2 saturated carbocycles. The lowest BCUT2D eigenvalue weighted by Gasteiger charge is -2.35. The van der Waals surface area contributed by atoms with Gasteiger partial charge in [-0.05, 0) is 104 Å². The van der Waals surface area contributed by atoms with Crippen molar-refractivity contribution in [1.82, 2.24) is 0 Å². The van der Waals surface area contributed by atoms with E-state index in [-0.39, 0.29) is 11.8 Å². The van der Waals surface area contributed by atoms with Crippen LogP contribution in [-0.4, -0.2) is 0 Å². The number of allylic oxidation sites excluding steroid dienone is 2. The molecule has 1 aromatic rings. The SMILES string of the molecule is CCC1C=CC(C2CCC(c3ccc(C4CCC(C)CC4)c(F)c3F)CC2)CC1. The maximum absolute atomic E-state index is 15.0. The van der Waals surface area contributed by atoms with Gasteiger partial charge in [0.2, 0.25) is 0 Å². The van der Waals surface area contributed by atoms with Crippen LogP contribution >= 0.6 is 0 Å². The molecule has 160 valence electrons. The molecule has 0 aliphatic heterocycles. The summed E-state index contributed by atoms with van der Waals surface area (Å²) in [4.78, 5) is 0. The van der Waals surface area contributed by atoms with Gasteiger partial charge in [0.15, 0.2) is 11.6 Å². The normalized spacial score (nSPS) is 35.6. The van der Waals surface area contributed by atoms with Crippen LogP contribution in [0.5, 0.6) is 0 Å². The van der Waals surface area contributed by atoms with Gasteiger partial charge in [0.05, 0.1) is 0 Å². The van der Waals surface area contributed by atoms with Crippen LogP contribution < -0.4 is 0 Å². The molecule has 2 heteroatoms. The van der Waals surface area contributed by atoms with E-state index in [1.54, 1.807) is 0 Å². The van der Waals surface area contributed by atoms with Gasteiger partial charge in [-0.3, -0.25) is 0 Å². The van der Waals surface area contributed by atoms with Crippen LogP contribution in [0, 0.1) is 35.3 Å². The monoisotopic (exact) mass is 400 g/mol. The van der Waals surface area contributed by atoms with Crippen molar-refractivity contribution in [3.63, 3.8) is 0 Å². The molecule has 2 unspecified atom stereocenters. The van der Waals surface area contributed by atoms with Gasteiger partial charge in [-0.25, -0.2) is 8.78 Å². The van der Waals surface area contributed by atoms with Crippen molar-refractivity contribution in [2.24, 2.45) is 23.7 Å². The summed E-state index contributed by atoms with van der Waals surface area (Å²) in [6.45, 7) is 4.53. The molecular weight excluding hydrogens is 362 g/mol.